The van der Waals surface area contributed by atoms with Gasteiger partial charge in [-0.3, -0.25) is 0 Å². The molecule has 0 spiro atoms. The Hall–Kier alpha value is -1.52. The van der Waals surface area contributed by atoms with Crippen LogP contribution in [0.1, 0.15) is 18.2 Å². The molecule has 0 amide bonds. The molecule has 0 radical (unpaired) electrons. The van der Waals surface area contributed by atoms with Gasteiger partial charge in [-0.15, -0.1) is 0 Å². The van der Waals surface area contributed by atoms with Crippen molar-refractivity contribution in [3.8, 4) is 5.75 Å². The lowest BCUT2D eigenvalue weighted by atomic mass is 10.1. The zero-order valence-corrected chi connectivity index (χ0v) is 10.4. The second kappa shape index (κ2) is 5.00. The molecule has 1 unspecified atom stereocenters. The maximum atomic E-state index is 5.94. The molecule has 4 nitrogen and oxygen atoms in total. The molecule has 2 aromatic rings. The molecule has 1 fully saturated rings. The van der Waals surface area contributed by atoms with Crippen molar-refractivity contribution in [2.75, 3.05) is 26.9 Å². The van der Waals surface area contributed by atoms with Crippen molar-refractivity contribution in [1.29, 1.82) is 0 Å². The van der Waals surface area contributed by atoms with E-state index in [1.54, 1.807) is 7.11 Å². The van der Waals surface area contributed by atoms with Crippen LogP contribution in [0.5, 0.6) is 5.75 Å². The number of para-hydroxylation sites is 1. The van der Waals surface area contributed by atoms with Gasteiger partial charge in [0.05, 0.1) is 19.8 Å². The van der Waals surface area contributed by atoms with Gasteiger partial charge in [0.15, 0.2) is 11.3 Å². The molecule has 1 saturated heterocycles. The van der Waals surface area contributed by atoms with Crippen molar-refractivity contribution in [3.05, 3.63) is 30.0 Å². The Balaban J connectivity index is 1.96. The number of ether oxygens (including phenoxy) is 2. The summed E-state index contributed by atoms with van der Waals surface area (Å²) in [6.45, 7) is 2.39. The van der Waals surface area contributed by atoms with Crippen molar-refractivity contribution in [2.45, 2.75) is 12.5 Å². The summed E-state index contributed by atoms with van der Waals surface area (Å²) in [7, 11) is 1.66. The van der Waals surface area contributed by atoms with E-state index < -0.39 is 0 Å². The van der Waals surface area contributed by atoms with Crippen LogP contribution < -0.4 is 10.1 Å². The molecule has 0 bridgehead atoms. The molecule has 0 aliphatic carbocycles. The van der Waals surface area contributed by atoms with E-state index in [1.807, 2.05) is 18.2 Å². The highest BCUT2D eigenvalue weighted by atomic mass is 16.5. The number of hydrogen-bond donors (Lipinski definition) is 1. The topological polar surface area (TPSA) is 43.6 Å². The summed E-state index contributed by atoms with van der Waals surface area (Å²) < 4.78 is 16.7. The van der Waals surface area contributed by atoms with E-state index in [0.29, 0.717) is 0 Å². The molecule has 1 aromatic heterocycles. The maximum absolute atomic E-state index is 5.94. The lowest BCUT2D eigenvalue weighted by molar-refractivity contribution is 0.149. The Bertz CT molecular complexity index is 527. The van der Waals surface area contributed by atoms with Crippen molar-refractivity contribution in [2.24, 2.45) is 0 Å². The predicted molar refractivity (Wildman–Crippen MR) is 68.9 cm³/mol. The van der Waals surface area contributed by atoms with Gasteiger partial charge in [-0.05, 0) is 18.6 Å². The van der Waals surface area contributed by atoms with E-state index in [1.165, 1.54) is 0 Å². The number of furan rings is 1. The highest BCUT2D eigenvalue weighted by Crippen LogP contribution is 2.32. The van der Waals surface area contributed by atoms with Crippen LogP contribution >= 0.6 is 0 Å². The Morgan fingerprint density at radius 3 is 3.17 bits per heavy atom. The third-order valence-electron chi connectivity index (χ3n) is 3.28. The van der Waals surface area contributed by atoms with Crippen LogP contribution in [0.4, 0.5) is 0 Å². The largest absolute Gasteiger partial charge is 0.493 e. The smallest absolute Gasteiger partial charge is 0.176 e. The first-order chi connectivity index (χ1) is 8.88. The van der Waals surface area contributed by atoms with Crippen LogP contribution in [-0.4, -0.2) is 26.9 Å². The van der Waals surface area contributed by atoms with E-state index in [0.717, 1.165) is 48.7 Å². The molecule has 1 atom stereocenters. The van der Waals surface area contributed by atoms with Gasteiger partial charge in [0.1, 0.15) is 5.76 Å². The molecule has 1 aliphatic rings. The van der Waals surface area contributed by atoms with Gasteiger partial charge in [-0.25, -0.2) is 0 Å². The van der Waals surface area contributed by atoms with E-state index in [4.69, 9.17) is 13.9 Å². The quantitative estimate of drug-likeness (QED) is 0.885. The fraction of sp³-hybridized carbons (Fsp3) is 0.429. The molecule has 18 heavy (non-hydrogen) atoms. The average molecular weight is 247 g/mol. The third-order valence-corrected chi connectivity index (χ3v) is 3.28. The molecule has 3 rings (SSSR count). The van der Waals surface area contributed by atoms with Crippen LogP contribution in [0, 0.1) is 0 Å². The van der Waals surface area contributed by atoms with Crippen molar-refractivity contribution < 1.29 is 13.9 Å². The zero-order valence-electron chi connectivity index (χ0n) is 10.4. The third kappa shape index (κ3) is 2.09. The molecule has 4 heteroatoms. The second-order valence-electron chi connectivity index (χ2n) is 4.44. The molecule has 1 N–H and O–H groups in total. The van der Waals surface area contributed by atoms with Gasteiger partial charge < -0.3 is 19.2 Å². The Morgan fingerprint density at radius 2 is 2.28 bits per heavy atom. The molecule has 0 saturated carbocycles. The van der Waals surface area contributed by atoms with Gasteiger partial charge >= 0.3 is 0 Å². The van der Waals surface area contributed by atoms with Crippen LogP contribution in [0.2, 0.25) is 0 Å². The Morgan fingerprint density at radius 1 is 1.33 bits per heavy atom. The van der Waals surface area contributed by atoms with Crippen molar-refractivity contribution in [3.63, 3.8) is 0 Å². The van der Waals surface area contributed by atoms with Gasteiger partial charge in [0.25, 0.3) is 0 Å². The number of benzene rings is 1. The lowest BCUT2D eigenvalue weighted by Gasteiger charge is -2.11. The van der Waals surface area contributed by atoms with Gasteiger partial charge in [0, 0.05) is 18.5 Å². The zero-order chi connectivity index (χ0) is 12.4. The molecular weight excluding hydrogens is 230 g/mol. The molecule has 1 aliphatic heterocycles. The number of nitrogens with one attached hydrogen (secondary N) is 1. The van der Waals surface area contributed by atoms with Crippen LogP contribution in [-0.2, 0) is 4.74 Å². The number of methoxy groups -OCH3 is 1. The summed E-state index contributed by atoms with van der Waals surface area (Å²) >= 11 is 0. The van der Waals surface area contributed by atoms with Gasteiger partial charge in [0.2, 0.25) is 0 Å². The van der Waals surface area contributed by atoms with E-state index in [2.05, 4.69) is 11.4 Å². The Labute approximate surface area is 106 Å². The maximum Gasteiger partial charge on any atom is 0.176 e. The van der Waals surface area contributed by atoms with Crippen LogP contribution in [0.25, 0.3) is 11.0 Å². The SMILES string of the molecule is COc1cccc2cc(C3CCOCCN3)oc12. The average Bonchev–Trinajstić information content (AvgIpc) is 2.65. The molecule has 1 aromatic carbocycles. The highest BCUT2D eigenvalue weighted by molar-refractivity contribution is 5.83. The second-order valence-corrected chi connectivity index (χ2v) is 4.44. The molecule has 96 valence electrons. The standard InChI is InChI=1S/C14H17NO3/c1-16-12-4-2-3-10-9-13(18-14(10)12)11-5-7-17-8-6-15-11/h2-4,9,11,15H,5-8H2,1H3. The Kier molecular flexibility index (Phi) is 3.21. The minimum atomic E-state index is 0.226. The number of fused-ring (bicyclic) bond motifs is 1. The van der Waals surface area contributed by atoms with Crippen LogP contribution in [0.3, 0.4) is 0 Å². The fourth-order valence-corrected chi connectivity index (χ4v) is 2.34. The minimum absolute atomic E-state index is 0.226. The number of rotatable bonds is 2. The first kappa shape index (κ1) is 11.6. The van der Waals surface area contributed by atoms with E-state index >= 15 is 0 Å². The summed E-state index contributed by atoms with van der Waals surface area (Å²) in [5.74, 6) is 1.74. The van der Waals surface area contributed by atoms with Crippen molar-refractivity contribution >= 4 is 11.0 Å². The van der Waals surface area contributed by atoms with Gasteiger partial charge in [-0.1, -0.05) is 12.1 Å². The predicted octanol–water partition coefficient (Wildman–Crippen LogP) is 2.49. The summed E-state index contributed by atoms with van der Waals surface area (Å²) in [6.07, 6.45) is 0.933. The summed E-state index contributed by atoms with van der Waals surface area (Å²) in [6, 6.07) is 8.24. The van der Waals surface area contributed by atoms with Crippen LogP contribution in [0.15, 0.2) is 28.7 Å². The summed E-state index contributed by atoms with van der Waals surface area (Å²) in [5, 5.41) is 4.52. The molecule has 2 heterocycles. The summed E-state index contributed by atoms with van der Waals surface area (Å²) in [4.78, 5) is 0. The first-order valence-electron chi connectivity index (χ1n) is 6.26. The van der Waals surface area contributed by atoms with E-state index in [-0.39, 0.29) is 6.04 Å². The normalized spacial score (nSPS) is 20.8. The van der Waals surface area contributed by atoms with Gasteiger partial charge in [-0.2, -0.15) is 0 Å². The van der Waals surface area contributed by atoms with Crippen molar-refractivity contribution in [1.82, 2.24) is 5.32 Å². The number of hydrogen-bond acceptors (Lipinski definition) is 4. The lowest BCUT2D eigenvalue weighted by Crippen LogP contribution is -2.21. The van der Waals surface area contributed by atoms with E-state index in [9.17, 15) is 0 Å². The monoisotopic (exact) mass is 247 g/mol. The first-order valence-corrected chi connectivity index (χ1v) is 6.26. The minimum Gasteiger partial charge on any atom is -0.493 e. The highest BCUT2D eigenvalue weighted by Gasteiger charge is 2.19. The fourth-order valence-electron chi connectivity index (χ4n) is 2.34. The molecular formula is C14H17NO3. The summed E-state index contributed by atoms with van der Waals surface area (Å²) in [5.41, 5.74) is 0.821.